The molecule has 1 amide bonds. The molecule has 4 nitrogen and oxygen atoms in total. The number of likely N-dealkylation sites (tertiary alicyclic amines) is 1. The van der Waals surface area contributed by atoms with Crippen molar-refractivity contribution in [2.24, 2.45) is 11.8 Å². The van der Waals surface area contributed by atoms with Gasteiger partial charge in [-0.3, -0.25) is 14.7 Å². The molecule has 2 aromatic rings. The lowest BCUT2D eigenvalue weighted by atomic mass is 9.86. The Morgan fingerprint density at radius 3 is 2.47 bits per heavy atom. The summed E-state index contributed by atoms with van der Waals surface area (Å²) in [5.41, 5.74) is 2.11. The van der Waals surface area contributed by atoms with Gasteiger partial charge in [0.15, 0.2) is 0 Å². The number of rotatable bonds is 7. The van der Waals surface area contributed by atoms with Crippen LogP contribution in [0.2, 0.25) is 0 Å². The molecule has 5 heteroatoms. The van der Waals surface area contributed by atoms with Crippen molar-refractivity contribution < 1.29 is 9.18 Å². The van der Waals surface area contributed by atoms with Crippen molar-refractivity contribution in [3.05, 3.63) is 65.7 Å². The first-order valence-electron chi connectivity index (χ1n) is 11.3. The van der Waals surface area contributed by atoms with Crippen LogP contribution < -0.4 is 5.32 Å². The van der Waals surface area contributed by atoms with Crippen LogP contribution in [0, 0.1) is 17.7 Å². The number of benzene rings is 1. The van der Waals surface area contributed by atoms with Gasteiger partial charge in [0.25, 0.3) is 0 Å². The molecule has 0 unspecified atom stereocenters. The number of amides is 1. The van der Waals surface area contributed by atoms with Crippen LogP contribution >= 0.6 is 0 Å². The fourth-order valence-electron chi connectivity index (χ4n) is 4.99. The molecule has 1 aromatic carbocycles. The van der Waals surface area contributed by atoms with E-state index in [0.29, 0.717) is 18.3 Å². The topological polar surface area (TPSA) is 45.2 Å². The Morgan fingerprint density at radius 1 is 1.07 bits per heavy atom. The molecule has 0 bridgehead atoms. The Hall–Kier alpha value is -2.27. The second-order valence-electron chi connectivity index (χ2n) is 8.89. The summed E-state index contributed by atoms with van der Waals surface area (Å²) >= 11 is 0. The van der Waals surface area contributed by atoms with Crippen molar-refractivity contribution >= 4 is 5.91 Å². The summed E-state index contributed by atoms with van der Waals surface area (Å²) in [7, 11) is 0. The minimum absolute atomic E-state index is 0.0203. The smallest absolute Gasteiger partial charge is 0.220 e. The third-order valence-corrected chi connectivity index (χ3v) is 6.69. The van der Waals surface area contributed by atoms with Gasteiger partial charge in [-0.25, -0.2) is 4.39 Å². The van der Waals surface area contributed by atoms with Gasteiger partial charge in [-0.15, -0.1) is 0 Å². The lowest BCUT2D eigenvalue weighted by Gasteiger charge is -2.36. The molecule has 1 aliphatic heterocycles. The summed E-state index contributed by atoms with van der Waals surface area (Å²) in [4.78, 5) is 19.8. The first kappa shape index (κ1) is 21.0. The number of hydrogen-bond acceptors (Lipinski definition) is 3. The number of halogens is 1. The van der Waals surface area contributed by atoms with Crippen molar-refractivity contribution in [3.63, 3.8) is 0 Å². The summed E-state index contributed by atoms with van der Waals surface area (Å²) in [5, 5.41) is 3.34. The van der Waals surface area contributed by atoms with Crippen LogP contribution in [0.15, 0.2) is 48.7 Å². The van der Waals surface area contributed by atoms with Crippen LogP contribution in [-0.4, -0.2) is 28.9 Å². The molecule has 160 valence electrons. The summed E-state index contributed by atoms with van der Waals surface area (Å²) < 4.78 is 13.1. The molecule has 2 aliphatic rings. The van der Waals surface area contributed by atoms with E-state index < -0.39 is 0 Å². The standard InChI is InChI=1S/C25H32FN3O/c26-22-10-8-20(9-11-22)18-29-15-12-21(13-16-29)25(23-7-3-4-14-27-23)28-24(30)17-19-5-1-2-6-19/h3-4,7-11,14,19,21,25H,1-2,5-6,12-13,15-18H2,(H,28,30)/t25-/m0/s1. The van der Waals surface area contributed by atoms with Gasteiger partial charge < -0.3 is 5.32 Å². The average molecular weight is 410 g/mol. The minimum atomic E-state index is -0.191. The molecule has 1 N–H and O–H groups in total. The van der Waals surface area contributed by atoms with Crippen molar-refractivity contribution in [2.45, 2.75) is 57.5 Å². The maximum Gasteiger partial charge on any atom is 0.220 e. The van der Waals surface area contributed by atoms with Gasteiger partial charge in [0.05, 0.1) is 11.7 Å². The minimum Gasteiger partial charge on any atom is -0.347 e. The zero-order valence-electron chi connectivity index (χ0n) is 17.6. The first-order valence-corrected chi connectivity index (χ1v) is 11.3. The van der Waals surface area contributed by atoms with E-state index in [1.807, 2.05) is 36.5 Å². The number of nitrogens with one attached hydrogen (secondary N) is 1. The van der Waals surface area contributed by atoms with Crippen LogP contribution in [0.4, 0.5) is 4.39 Å². The lowest BCUT2D eigenvalue weighted by Crippen LogP contribution is -2.41. The van der Waals surface area contributed by atoms with E-state index in [4.69, 9.17) is 0 Å². The highest BCUT2D eigenvalue weighted by molar-refractivity contribution is 5.76. The highest BCUT2D eigenvalue weighted by Gasteiger charge is 2.30. The maximum atomic E-state index is 13.1. The number of aromatic nitrogens is 1. The van der Waals surface area contributed by atoms with E-state index in [2.05, 4.69) is 15.2 Å². The SMILES string of the molecule is O=C(CC1CCCC1)N[C@H](c1ccccn1)C1CCN(Cc2ccc(F)cc2)CC1. The third kappa shape index (κ3) is 5.66. The van der Waals surface area contributed by atoms with Crippen LogP contribution in [0.25, 0.3) is 0 Å². The monoisotopic (exact) mass is 409 g/mol. The molecule has 1 aromatic heterocycles. The molecule has 0 spiro atoms. The molecule has 0 radical (unpaired) electrons. The average Bonchev–Trinajstić information content (AvgIpc) is 3.28. The zero-order valence-corrected chi connectivity index (χ0v) is 17.6. The van der Waals surface area contributed by atoms with E-state index >= 15 is 0 Å². The Bertz CT molecular complexity index is 797. The van der Waals surface area contributed by atoms with Crippen LogP contribution in [0.3, 0.4) is 0 Å². The van der Waals surface area contributed by atoms with Crippen molar-refractivity contribution in [1.82, 2.24) is 15.2 Å². The number of nitrogens with zero attached hydrogens (tertiary/aromatic N) is 2. The van der Waals surface area contributed by atoms with Crippen molar-refractivity contribution in [2.75, 3.05) is 13.1 Å². The van der Waals surface area contributed by atoms with E-state index in [9.17, 15) is 9.18 Å². The van der Waals surface area contributed by atoms with Gasteiger partial charge in [-0.05, 0) is 80.4 Å². The zero-order chi connectivity index (χ0) is 20.8. The quantitative estimate of drug-likeness (QED) is 0.710. The molecular weight excluding hydrogens is 377 g/mol. The molecule has 1 aliphatic carbocycles. The number of pyridine rings is 1. The molecule has 1 atom stereocenters. The van der Waals surface area contributed by atoms with Gasteiger partial charge in [0.2, 0.25) is 5.91 Å². The molecule has 30 heavy (non-hydrogen) atoms. The van der Waals surface area contributed by atoms with E-state index in [-0.39, 0.29) is 17.8 Å². The van der Waals surface area contributed by atoms with Crippen molar-refractivity contribution in [3.8, 4) is 0 Å². The number of piperidine rings is 1. The molecular formula is C25H32FN3O. The Balaban J connectivity index is 1.36. The van der Waals surface area contributed by atoms with Crippen molar-refractivity contribution in [1.29, 1.82) is 0 Å². The molecule has 2 heterocycles. The molecule has 1 saturated carbocycles. The number of carbonyl (C=O) groups excluding carboxylic acids is 1. The predicted octanol–water partition coefficient (Wildman–Crippen LogP) is 4.87. The summed E-state index contributed by atoms with van der Waals surface area (Å²) in [6.45, 7) is 2.79. The van der Waals surface area contributed by atoms with Gasteiger partial charge in [0.1, 0.15) is 5.82 Å². The molecule has 1 saturated heterocycles. The van der Waals surface area contributed by atoms with Gasteiger partial charge in [-0.2, -0.15) is 0 Å². The van der Waals surface area contributed by atoms with Crippen LogP contribution in [0.5, 0.6) is 0 Å². The third-order valence-electron chi connectivity index (χ3n) is 6.69. The summed E-state index contributed by atoms with van der Waals surface area (Å²) in [5.74, 6) is 0.916. The molecule has 2 fully saturated rings. The largest absolute Gasteiger partial charge is 0.347 e. The van der Waals surface area contributed by atoms with E-state index in [1.165, 1.54) is 37.8 Å². The second-order valence-corrected chi connectivity index (χ2v) is 8.89. The predicted molar refractivity (Wildman–Crippen MR) is 116 cm³/mol. The first-order chi connectivity index (χ1) is 14.7. The molecule has 4 rings (SSSR count). The van der Waals surface area contributed by atoms with E-state index in [0.717, 1.165) is 43.7 Å². The van der Waals surface area contributed by atoms with Gasteiger partial charge in [0, 0.05) is 19.2 Å². The van der Waals surface area contributed by atoms with Gasteiger partial charge >= 0.3 is 0 Å². The van der Waals surface area contributed by atoms with Crippen LogP contribution in [-0.2, 0) is 11.3 Å². The highest BCUT2D eigenvalue weighted by Crippen LogP contribution is 2.32. The Kier molecular flexibility index (Phi) is 7.11. The summed E-state index contributed by atoms with van der Waals surface area (Å²) in [6.07, 6.45) is 9.38. The Morgan fingerprint density at radius 2 is 1.80 bits per heavy atom. The maximum absolute atomic E-state index is 13.1. The Labute approximate surface area is 178 Å². The highest BCUT2D eigenvalue weighted by atomic mass is 19.1. The number of carbonyl (C=O) groups is 1. The number of hydrogen-bond donors (Lipinski definition) is 1. The van der Waals surface area contributed by atoms with E-state index in [1.54, 1.807) is 0 Å². The normalized spacial score (nSPS) is 19.6. The fraction of sp³-hybridized carbons (Fsp3) is 0.520. The summed E-state index contributed by atoms with van der Waals surface area (Å²) in [6, 6.07) is 12.7. The second kappa shape index (κ2) is 10.2. The lowest BCUT2D eigenvalue weighted by molar-refractivity contribution is -0.123. The van der Waals surface area contributed by atoms with Gasteiger partial charge in [-0.1, -0.05) is 31.0 Å². The van der Waals surface area contributed by atoms with Crippen LogP contribution in [0.1, 0.15) is 62.2 Å². The fourth-order valence-corrected chi connectivity index (χ4v) is 4.99.